The van der Waals surface area contributed by atoms with Crippen LogP contribution in [0.5, 0.6) is 5.88 Å². The van der Waals surface area contributed by atoms with Gasteiger partial charge in [-0.05, 0) is 6.07 Å². The summed E-state index contributed by atoms with van der Waals surface area (Å²) in [5, 5.41) is 2.93. The number of hydrogen-bond acceptors (Lipinski definition) is 3. The smallest absolute Gasteiger partial charge is 0.201 e. The maximum Gasteiger partial charge on any atom is 0.201 e. The molecule has 62 valence electrons. The van der Waals surface area contributed by atoms with Gasteiger partial charge < -0.3 is 9.72 Å². The van der Waals surface area contributed by atoms with E-state index in [1.54, 1.807) is 24.6 Å². The molecular weight excluding hydrogens is 172 g/mol. The zero-order chi connectivity index (χ0) is 8.39. The van der Waals surface area contributed by atoms with Crippen LogP contribution in [0.4, 0.5) is 0 Å². The van der Waals surface area contributed by atoms with Crippen LogP contribution >= 0.6 is 11.3 Å². The van der Waals surface area contributed by atoms with Gasteiger partial charge in [0.05, 0.1) is 12.7 Å². The number of thiazole rings is 1. The summed E-state index contributed by atoms with van der Waals surface area (Å²) >= 11 is 1.60. The Morgan fingerprint density at radius 3 is 3.17 bits per heavy atom. The molecule has 0 aliphatic carbocycles. The SMILES string of the molecule is COc1[nH]ccc1-c1nccs1. The Kier molecular flexibility index (Phi) is 1.83. The van der Waals surface area contributed by atoms with Crippen LogP contribution in [0.15, 0.2) is 23.8 Å². The molecule has 0 aromatic carbocycles. The topological polar surface area (TPSA) is 37.9 Å². The Balaban J connectivity index is 2.46. The lowest BCUT2D eigenvalue weighted by atomic mass is 10.3. The van der Waals surface area contributed by atoms with Crippen molar-refractivity contribution < 1.29 is 4.74 Å². The average molecular weight is 180 g/mol. The highest BCUT2D eigenvalue weighted by atomic mass is 32.1. The summed E-state index contributed by atoms with van der Waals surface area (Å²) in [6.45, 7) is 0. The van der Waals surface area contributed by atoms with Gasteiger partial charge in [-0.2, -0.15) is 0 Å². The molecule has 1 N–H and O–H groups in total. The van der Waals surface area contributed by atoms with E-state index in [1.807, 2.05) is 17.6 Å². The Labute approximate surface area is 74.0 Å². The minimum Gasteiger partial charge on any atom is -0.482 e. The largest absolute Gasteiger partial charge is 0.482 e. The van der Waals surface area contributed by atoms with Crippen LogP contribution in [0.2, 0.25) is 0 Å². The van der Waals surface area contributed by atoms with Crippen molar-refractivity contribution in [2.24, 2.45) is 0 Å². The Bertz CT molecular complexity index is 353. The quantitative estimate of drug-likeness (QED) is 0.768. The van der Waals surface area contributed by atoms with Crippen LogP contribution in [-0.2, 0) is 0 Å². The molecule has 2 aromatic rings. The second-order valence-corrected chi connectivity index (χ2v) is 3.16. The Hall–Kier alpha value is -1.29. The average Bonchev–Trinajstić information content (AvgIpc) is 2.74. The van der Waals surface area contributed by atoms with Crippen molar-refractivity contribution >= 4 is 11.3 Å². The number of aromatic nitrogens is 2. The first kappa shape index (κ1) is 7.36. The normalized spacial score (nSPS) is 10.1. The molecule has 0 fully saturated rings. The number of ether oxygens (including phenoxy) is 1. The maximum absolute atomic E-state index is 5.12. The lowest BCUT2D eigenvalue weighted by molar-refractivity contribution is 0.402. The first-order valence-corrected chi connectivity index (χ1v) is 4.41. The van der Waals surface area contributed by atoms with Crippen molar-refractivity contribution in [2.45, 2.75) is 0 Å². The summed E-state index contributed by atoms with van der Waals surface area (Å²) in [6, 6.07) is 1.96. The molecule has 0 aliphatic heterocycles. The highest BCUT2D eigenvalue weighted by Gasteiger charge is 2.07. The second-order valence-electron chi connectivity index (χ2n) is 2.26. The minimum atomic E-state index is 0.768. The fraction of sp³-hybridized carbons (Fsp3) is 0.125. The van der Waals surface area contributed by atoms with E-state index < -0.39 is 0 Å². The van der Waals surface area contributed by atoms with Crippen molar-refractivity contribution in [1.82, 2.24) is 9.97 Å². The summed E-state index contributed by atoms with van der Waals surface area (Å²) in [5.74, 6) is 0.768. The molecule has 0 bridgehead atoms. The number of aromatic amines is 1. The van der Waals surface area contributed by atoms with Gasteiger partial charge in [0.15, 0.2) is 0 Å². The highest BCUT2D eigenvalue weighted by Crippen LogP contribution is 2.29. The van der Waals surface area contributed by atoms with Crippen LogP contribution in [0, 0.1) is 0 Å². The lowest BCUT2D eigenvalue weighted by Gasteiger charge is -1.97. The van der Waals surface area contributed by atoms with Crippen LogP contribution < -0.4 is 4.74 Å². The molecule has 0 unspecified atom stereocenters. The van der Waals surface area contributed by atoms with Crippen molar-refractivity contribution in [3.05, 3.63) is 23.8 Å². The summed E-state index contributed by atoms with van der Waals surface area (Å²) in [4.78, 5) is 7.17. The number of hydrogen-bond donors (Lipinski definition) is 1. The van der Waals surface area contributed by atoms with Gasteiger partial charge in [-0.15, -0.1) is 11.3 Å². The summed E-state index contributed by atoms with van der Waals surface area (Å²) in [5.41, 5.74) is 1.02. The highest BCUT2D eigenvalue weighted by molar-refractivity contribution is 7.13. The van der Waals surface area contributed by atoms with E-state index in [-0.39, 0.29) is 0 Å². The molecule has 0 aliphatic rings. The number of nitrogens with one attached hydrogen (secondary N) is 1. The Morgan fingerprint density at radius 1 is 1.58 bits per heavy atom. The fourth-order valence-corrected chi connectivity index (χ4v) is 1.71. The molecular formula is C8H8N2OS. The third-order valence-corrected chi connectivity index (χ3v) is 2.38. The van der Waals surface area contributed by atoms with Crippen LogP contribution in [0.25, 0.3) is 10.6 Å². The zero-order valence-electron chi connectivity index (χ0n) is 6.57. The van der Waals surface area contributed by atoms with E-state index in [2.05, 4.69) is 9.97 Å². The predicted molar refractivity (Wildman–Crippen MR) is 48.5 cm³/mol. The third kappa shape index (κ3) is 1.10. The van der Waals surface area contributed by atoms with Crippen molar-refractivity contribution in [3.8, 4) is 16.5 Å². The van der Waals surface area contributed by atoms with Crippen molar-refractivity contribution in [2.75, 3.05) is 7.11 Å². The maximum atomic E-state index is 5.12. The molecule has 0 amide bonds. The van der Waals surface area contributed by atoms with Gasteiger partial charge >= 0.3 is 0 Å². The molecule has 0 atom stereocenters. The van der Waals surface area contributed by atoms with Gasteiger partial charge in [0.25, 0.3) is 0 Å². The molecule has 0 spiro atoms. The Morgan fingerprint density at radius 2 is 2.50 bits per heavy atom. The molecule has 0 saturated carbocycles. The first-order chi connectivity index (χ1) is 5.92. The van der Waals surface area contributed by atoms with E-state index in [9.17, 15) is 0 Å². The molecule has 0 radical (unpaired) electrons. The van der Waals surface area contributed by atoms with E-state index in [0.29, 0.717) is 0 Å². The van der Waals surface area contributed by atoms with E-state index in [4.69, 9.17) is 4.74 Å². The monoisotopic (exact) mass is 180 g/mol. The van der Waals surface area contributed by atoms with Gasteiger partial charge in [-0.25, -0.2) is 4.98 Å². The van der Waals surface area contributed by atoms with Crippen molar-refractivity contribution in [3.63, 3.8) is 0 Å². The van der Waals surface area contributed by atoms with Gasteiger partial charge in [0.2, 0.25) is 5.88 Å². The van der Waals surface area contributed by atoms with E-state index >= 15 is 0 Å². The fourth-order valence-electron chi connectivity index (χ4n) is 1.05. The zero-order valence-corrected chi connectivity index (χ0v) is 7.39. The van der Waals surface area contributed by atoms with Crippen LogP contribution in [0.3, 0.4) is 0 Å². The molecule has 2 heterocycles. The lowest BCUT2D eigenvalue weighted by Crippen LogP contribution is -1.84. The standard InChI is InChI=1S/C8H8N2OS/c1-11-7-6(2-3-9-7)8-10-4-5-12-8/h2-5,9H,1H3. The number of rotatable bonds is 2. The van der Waals surface area contributed by atoms with Crippen molar-refractivity contribution in [1.29, 1.82) is 0 Å². The molecule has 2 aromatic heterocycles. The van der Waals surface area contributed by atoms with Gasteiger partial charge in [0.1, 0.15) is 5.01 Å². The minimum absolute atomic E-state index is 0.768. The molecule has 4 heteroatoms. The first-order valence-electron chi connectivity index (χ1n) is 3.53. The summed E-state index contributed by atoms with van der Waals surface area (Å²) in [7, 11) is 1.64. The molecule has 12 heavy (non-hydrogen) atoms. The molecule has 3 nitrogen and oxygen atoms in total. The number of nitrogens with zero attached hydrogens (tertiary/aromatic N) is 1. The van der Waals surface area contributed by atoms with E-state index in [0.717, 1.165) is 16.5 Å². The summed E-state index contributed by atoms with van der Waals surface area (Å²) in [6.07, 6.45) is 3.63. The van der Waals surface area contributed by atoms with Crippen LogP contribution in [-0.4, -0.2) is 17.1 Å². The summed E-state index contributed by atoms with van der Waals surface area (Å²) < 4.78 is 5.12. The van der Waals surface area contributed by atoms with Gasteiger partial charge in [0, 0.05) is 17.8 Å². The predicted octanol–water partition coefficient (Wildman–Crippen LogP) is 2.15. The van der Waals surface area contributed by atoms with Gasteiger partial charge in [-0.3, -0.25) is 0 Å². The second kappa shape index (κ2) is 2.98. The number of H-pyrrole nitrogens is 1. The van der Waals surface area contributed by atoms with Crippen LogP contribution in [0.1, 0.15) is 0 Å². The van der Waals surface area contributed by atoms with Gasteiger partial charge in [-0.1, -0.05) is 0 Å². The molecule has 2 rings (SSSR count). The number of methoxy groups -OCH3 is 1. The van der Waals surface area contributed by atoms with E-state index in [1.165, 1.54) is 0 Å². The molecule has 0 saturated heterocycles. The third-order valence-electron chi connectivity index (χ3n) is 1.58.